The molecule has 6 heteroatoms. The van der Waals surface area contributed by atoms with Gasteiger partial charge in [-0.05, 0) is 12.0 Å². The van der Waals surface area contributed by atoms with E-state index in [-0.39, 0.29) is 5.91 Å². The Labute approximate surface area is 108 Å². The molecule has 0 saturated heterocycles. The quantitative estimate of drug-likeness (QED) is 0.833. The second kappa shape index (κ2) is 5.97. The highest BCUT2D eigenvalue weighted by molar-refractivity contribution is 7.88. The van der Waals surface area contributed by atoms with Gasteiger partial charge in [0.1, 0.15) is 6.04 Å². The van der Waals surface area contributed by atoms with Crippen LogP contribution in [0.25, 0.3) is 0 Å². The summed E-state index contributed by atoms with van der Waals surface area (Å²) in [4.78, 5) is 13.3. The number of rotatable bonds is 5. The zero-order valence-corrected chi connectivity index (χ0v) is 11.6. The van der Waals surface area contributed by atoms with Crippen LogP contribution < -0.4 is 4.72 Å². The number of sulfonamides is 1. The monoisotopic (exact) mass is 270 g/mol. The van der Waals surface area contributed by atoms with Gasteiger partial charge in [0.2, 0.25) is 15.9 Å². The van der Waals surface area contributed by atoms with E-state index in [9.17, 15) is 13.2 Å². The fourth-order valence-corrected chi connectivity index (χ4v) is 2.30. The van der Waals surface area contributed by atoms with E-state index in [0.717, 1.165) is 11.8 Å². The molecule has 0 aliphatic heterocycles. The fourth-order valence-electron chi connectivity index (χ4n) is 1.60. The molecule has 1 aromatic carbocycles. The van der Waals surface area contributed by atoms with Crippen LogP contribution in [0.5, 0.6) is 0 Å². The molecule has 1 amide bonds. The summed E-state index contributed by atoms with van der Waals surface area (Å²) in [5.74, 6) is -0.260. The summed E-state index contributed by atoms with van der Waals surface area (Å²) in [6.07, 6.45) is 1.39. The van der Waals surface area contributed by atoms with Gasteiger partial charge in [0.15, 0.2) is 0 Å². The van der Waals surface area contributed by atoms with Gasteiger partial charge in [-0.25, -0.2) is 13.1 Å². The minimum absolute atomic E-state index is 0.260. The van der Waals surface area contributed by atoms with Crippen molar-refractivity contribution < 1.29 is 13.2 Å². The van der Waals surface area contributed by atoms with Crippen LogP contribution in [-0.4, -0.2) is 45.6 Å². The van der Waals surface area contributed by atoms with Gasteiger partial charge in [0, 0.05) is 14.1 Å². The largest absolute Gasteiger partial charge is 0.347 e. The average Bonchev–Trinajstić information content (AvgIpc) is 2.26. The predicted molar refractivity (Wildman–Crippen MR) is 70.6 cm³/mol. The highest BCUT2D eigenvalue weighted by Gasteiger charge is 2.23. The fraction of sp³-hybridized carbons (Fsp3) is 0.417. The zero-order chi connectivity index (χ0) is 13.8. The molecule has 1 N–H and O–H groups in total. The summed E-state index contributed by atoms with van der Waals surface area (Å²) in [6, 6.07) is 8.54. The van der Waals surface area contributed by atoms with E-state index in [1.165, 1.54) is 4.90 Å². The molecule has 0 heterocycles. The lowest BCUT2D eigenvalue weighted by Crippen LogP contribution is -2.47. The molecule has 18 heavy (non-hydrogen) atoms. The summed E-state index contributed by atoms with van der Waals surface area (Å²) in [6.45, 7) is 0. The summed E-state index contributed by atoms with van der Waals surface area (Å²) in [7, 11) is -0.217. The van der Waals surface area contributed by atoms with Crippen LogP contribution in [0.4, 0.5) is 0 Å². The lowest BCUT2D eigenvalue weighted by Gasteiger charge is -2.20. The Kier molecular flexibility index (Phi) is 4.86. The third-order valence-corrected chi connectivity index (χ3v) is 3.09. The van der Waals surface area contributed by atoms with Gasteiger partial charge in [-0.3, -0.25) is 4.79 Å². The number of nitrogens with zero attached hydrogens (tertiary/aromatic N) is 1. The maximum Gasteiger partial charge on any atom is 0.240 e. The smallest absolute Gasteiger partial charge is 0.240 e. The molecule has 5 nitrogen and oxygen atoms in total. The van der Waals surface area contributed by atoms with Gasteiger partial charge >= 0.3 is 0 Å². The van der Waals surface area contributed by atoms with E-state index in [4.69, 9.17) is 0 Å². The Balaban J connectivity index is 2.88. The normalized spacial score (nSPS) is 13.1. The first kappa shape index (κ1) is 14.7. The SMILES string of the molecule is CN(C)C(=O)C(Cc1ccccc1)NS(C)(=O)=O. The first-order chi connectivity index (χ1) is 8.29. The molecule has 0 spiro atoms. The number of likely N-dealkylation sites (N-methyl/N-ethyl adjacent to an activating group) is 1. The molecule has 1 atom stereocenters. The van der Waals surface area contributed by atoms with E-state index < -0.39 is 16.1 Å². The number of benzene rings is 1. The summed E-state index contributed by atoms with van der Waals surface area (Å²) in [5, 5.41) is 0. The highest BCUT2D eigenvalue weighted by Crippen LogP contribution is 2.05. The minimum atomic E-state index is -3.42. The van der Waals surface area contributed by atoms with E-state index in [0.29, 0.717) is 6.42 Å². The molecule has 0 saturated carbocycles. The van der Waals surface area contributed by atoms with Crippen molar-refractivity contribution in [3.63, 3.8) is 0 Å². The zero-order valence-electron chi connectivity index (χ0n) is 10.8. The first-order valence-electron chi connectivity index (χ1n) is 5.52. The average molecular weight is 270 g/mol. The molecule has 100 valence electrons. The van der Waals surface area contributed by atoms with Gasteiger partial charge < -0.3 is 4.90 Å². The predicted octanol–water partition coefficient (Wildman–Crippen LogP) is 0.235. The number of hydrogen-bond donors (Lipinski definition) is 1. The lowest BCUT2D eigenvalue weighted by molar-refractivity contribution is -0.130. The molecule has 0 aliphatic rings. The number of carbonyl (C=O) groups excluding carboxylic acids is 1. The second-order valence-corrected chi connectivity index (χ2v) is 6.15. The van der Waals surface area contributed by atoms with Crippen molar-refractivity contribution in [1.29, 1.82) is 0 Å². The molecule has 0 aliphatic carbocycles. The van der Waals surface area contributed by atoms with E-state index in [2.05, 4.69) is 4.72 Å². The Bertz CT molecular complexity index is 497. The molecule has 1 unspecified atom stereocenters. The van der Waals surface area contributed by atoms with Crippen LogP contribution in [0, 0.1) is 0 Å². The maximum atomic E-state index is 11.9. The van der Waals surface area contributed by atoms with Crippen LogP contribution >= 0.6 is 0 Å². The Morgan fingerprint density at radius 2 is 1.83 bits per heavy atom. The van der Waals surface area contributed by atoms with Crippen molar-refractivity contribution in [1.82, 2.24) is 9.62 Å². The maximum absolute atomic E-state index is 11.9. The van der Waals surface area contributed by atoms with Gasteiger partial charge in [0.25, 0.3) is 0 Å². The summed E-state index contributed by atoms with van der Waals surface area (Å²) >= 11 is 0. The third kappa shape index (κ3) is 4.85. The number of hydrogen-bond acceptors (Lipinski definition) is 3. The Morgan fingerprint density at radius 1 is 1.28 bits per heavy atom. The van der Waals surface area contributed by atoms with Crippen LogP contribution in [0.1, 0.15) is 5.56 Å². The number of amides is 1. The Morgan fingerprint density at radius 3 is 2.28 bits per heavy atom. The van der Waals surface area contributed by atoms with Crippen molar-refractivity contribution in [3.8, 4) is 0 Å². The van der Waals surface area contributed by atoms with Crippen molar-refractivity contribution in [2.45, 2.75) is 12.5 Å². The van der Waals surface area contributed by atoms with Gasteiger partial charge in [0.05, 0.1) is 6.26 Å². The Hall–Kier alpha value is -1.40. The molecule has 0 radical (unpaired) electrons. The van der Waals surface area contributed by atoms with Crippen molar-refractivity contribution in [2.75, 3.05) is 20.4 Å². The third-order valence-electron chi connectivity index (χ3n) is 2.38. The lowest BCUT2D eigenvalue weighted by atomic mass is 10.1. The van der Waals surface area contributed by atoms with Crippen LogP contribution in [0.15, 0.2) is 30.3 Å². The molecule has 0 fully saturated rings. The molecule has 1 rings (SSSR count). The molecule has 0 bridgehead atoms. The molecular weight excluding hydrogens is 252 g/mol. The van der Waals surface area contributed by atoms with Gasteiger partial charge in [-0.15, -0.1) is 0 Å². The second-order valence-electron chi connectivity index (χ2n) is 4.36. The number of nitrogens with one attached hydrogen (secondary N) is 1. The summed E-state index contributed by atoms with van der Waals surface area (Å²) in [5.41, 5.74) is 0.911. The van der Waals surface area contributed by atoms with Crippen molar-refractivity contribution in [3.05, 3.63) is 35.9 Å². The van der Waals surface area contributed by atoms with E-state index >= 15 is 0 Å². The molecule has 0 aromatic heterocycles. The minimum Gasteiger partial charge on any atom is -0.347 e. The summed E-state index contributed by atoms with van der Waals surface area (Å²) < 4.78 is 24.9. The van der Waals surface area contributed by atoms with Crippen LogP contribution in [0.3, 0.4) is 0 Å². The first-order valence-corrected chi connectivity index (χ1v) is 7.41. The van der Waals surface area contributed by atoms with Crippen molar-refractivity contribution in [2.24, 2.45) is 0 Å². The van der Waals surface area contributed by atoms with Crippen LogP contribution in [0.2, 0.25) is 0 Å². The van der Waals surface area contributed by atoms with Gasteiger partial charge in [-0.1, -0.05) is 30.3 Å². The number of carbonyl (C=O) groups is 1. The standard InChI is InChI=1S/C12H18N2O3S/c1-14(2)12(15)11(13-18(3,16)17)9-10-7-5-4-6-8-10/h4-8,11,13H,9H2,1-3H3. The van der Waals surface area contributed by atoms with Crippen molar-refractivity contribution >= 4 is 15.9 Å². The van der Waals surface area contributed by atoms with Crippen LogP contribution in [-0.2, 0) is 21.2 Å². The van der Waals surface area contributed by atoms with Gasteiger partial charge in [-0.2, -0.15) is 0 Å². The topological polar surface area (TPSA) is 66.5 Å². The molecular formula is C12H18N2O3S. The van der Waals surface area contributed by atoms with E-state index in [1.54, 1.807) is 14.1 Å². The van der Waals surface area contributed by atoms with E-state index in [1.807, 2.05) is 30.3 Å². The highest BCUT2D eigenvalue weighted by atomic mass is 32.2. The molecule has 1 aromatic rings.